The summed E-state index contributed by atoms with van der Waals surface area (Å²) in [5, 5.41) is 5.54. The van der Waals surface area contributed by atoms with Gasteiger partial charge in [-0.1, -0.05) is 54.1 Å². The van der Waals surface area contributed by atoms with Crippen LogP contribution in [0.1, 0.15) is 17.2 Å². The summed E-state index contributed by atoms with van der Waals surface area (Å²) in [5.41, 5.74) is 2.10. The van der Waals surface area contributed by atoms with Crippen molar-refractivity contribution in [1.82, 2.24) is 5.32 Å². The molecule has 0 spiro atoms. The monoisotopic (exact) mass is 299 g/mol. The standard InChI is InChI=1S/C18H15ClFN/c1-21-18(12-5-4-6-13(19)11-12)16-9-10-17(20)15-8-3-2-7-14(15)16/h2-11,18,21H,1H3. The van der Waals surface area contributed by atoms with Crippen molar-refractivity contribution in [2.24, 2.45) is 0 Å². The van der Waals surface area contributed by atoms with Crippen LogP contribution >= 0.6 is 11.6 Å². The first-order valence-electron chi connectivity index (χ1n) is 6.80. The fourth-order valence-corrected chi connectivity index (χ4v) is 2.92. The Morgan fingerprint density at radius 3 is 2.43 bits per heavy atom. The fraction of sp³-hybridized carbons (Fsp3) is 0.111. The van der Waals surface area contributed by atoms with Crippen molar-refractivity contribution in [3.8, 4) is 0 Å². The maximum Gasteiger partial charge on any atom is 0.131 e. The lowest BCUT2D eigenvalue weighted by atomic mass is 9.93. The minimum Gasteiger partial charge on any atom is -0.309 e. The van der Waals surface area contributed by atoms with Gasteiger partial charge in [-0.15, -0.1) is 0 Å². The molecule has 0 saturated heterocycles. The first-order valence-corrected chi connectivity index (χ1v) is 7.18. The third-order valence-corrected chi connectivity index (χ3v) is 3.92. The van der Waals surface area contributed by atoms with Gasteiger partial charge in [0.25, 0.3) is 0 Å². The zero-order chi connectivity index (χ0) is 14.8. The summed E-state index contributed by atoms with van der Waals surface area (Å²) in [7, 11) is 1.89. The van der Waals surface area contributed by atoms with Gasteiger partial charge < -0.3 is 5.32 Å². The van der Waals surface area contributed by atoms with Crippen molar-refractivity contribution in [1.29, 1.82) is 0 Å². The van der Waals surface area contributed by atoms with E-state index >= 15 is 0 Å². The average Bonchev–Trinajstić information content (AvgIpc) is 2.51. The molecule has 0 aliphatic rings. The highest BCUT2D eigenvalue weighted by Gasteiger charge is 2.16. The molecule has 0 amide bonds. The highest BCUT2D eigenvalue weighted by molar-refractivity contribution is 6.30. The molecule has 1 atom stereocenters. The molecule has 0 aromatic heterocycles. The van der Waals surface area contributed by atoms with Crippen molar-refractivity contribution >= 4 is 22.4 Å². The Morgan fingerprint density at radius 1 is 0.952 bits per heavy atom. The summed E-state index contributed by atoms with van der Waals surface area (Å²) >= 11 is 6.09. The summed E-state index contributed by atoms with van der Waals surface area (Å²) in [6.45, 7) is 0. The molecule has 21 heavy (non-hydrogen) atoms. The quantitative estimate of drug-likeness (QED) is 0.722. The first-order chi connectivity index (χ1) is 10.2. The predicted octanol–water partition coefficient (Wildman–Crippen LogP) is 4.94. The van der Waals surface area contributed by atoms with Crippen molar-refractivity contribution in [2.45, 2.75) is 6.04 Å². The number of rotatable bonds is 3. The summed E-state index contributed by atoms with van der Waals surface area (Å²) < 4.78 is 14.0. The normalized spacial score (nSPS) is 12.5. The van der Waals surface area contributed by atoms with E-state index in [4.69, 9.17) is 11.6 Å². The van der Waals surface area contributed by atoms with Gasteiger partial charge in [-0.25, -0.2) is 4.39 Å². The summed E-state index contributed by atoms with van der Waals surface area (Å²) in [6, 6.07) is 18.6. The molecule has 106 valence electrons. The van der Waals surface area contributed by atoms with Crippen molar-refractivity contribution in [3.05, 3.63) is 82.6 Å². The van der Waals surface area contributed by atoms with E-state index in [1.807, 2.05) is 55.6 Å². The van der Waals surface area contributed by atoms with Gasteiger partial charge in [-0.05, 0) is 41.8 Å². The number of halogens is 2. The van der Waals surface area contributed by atoms with E-state index in [0.717, 1.165) is 16.5 Å². The molecule has 0 aliphatic carbocycles. The van der Waals surface area contributed by atoms with Gasteiger partial charge in [-0.3, -0.25) is 0 Å². The highest BCUT2D eigenvalue weighted by atomic mass is 35.5. The smallest absolute Gasteiger partial charge is 0.131 e. The first kappa shape index (κ1) is 14.1. The van der Waals surface area contributed by atoms with Gasteiger partial charge in [0, 0.05) is 10.4 Å². The SMILES string of the molecule is CNC(c1cccc(Cl)c1)c1ccc(F)c2ccccc12. The van der Waals surface area contributed by atoms with E-state index in [9.17, 15) is 4.39 Å². The molecule has 1 nitrogen and oxygen atoms in total. The van der Waals surface area contributed by atoms with Crippen molar-refractivity contribution in [2.75, 3.05) is 7.05 Å². The van der Waals surface area contributed by atoms with Gasteiger partial charge in [0.15, 0.2) is 0 Å². The second-order valence-electron chi connectivity index (χ2n) is 4.96. The lowest BCUT2D eigenvalue weighted by Gasteiger charge is -2.20. The molecule has 1 unspecified atom stereocenters. The molecular formula is C18H15ClFN. The van der Waals surface area contributed by atoms with Crippen LogP contribution in [0, 0.1) is 5.82 Å². The molecule has 0 saturated carbocycles. The van der Waals surface area contributed by atoms with Gasteiger partial charge in [0.1, 0.15) is 5.82 Å². The molecule has 3 aromatic rings. The second-order valence-corrected chi connectivity index (χ2v) is 5.40. The number of benzene rings is 3. The van der Waals surface area contributed by atoms with E-state index in [2.05, 4.69) is 5.32 Å². The van der Waals surface area contributed by atoms with E-state index in [1.54, 1.807) is 6.07 Å². The Balaban J connectivity index is 2.20. The zero-order valence-corrected chi connectivity index (χ0v) is 12.4. The molecule has 0 bridgehead atoms. The minimum absolute atomic E-state index is 0.0331. The van der Waals surface area contributed by atoms with E-state index in [1.165, 1.54) is 6.07 Å². The van der Waals surface area contributed by atoms with Crippen LogP contribution in [-0.2, 0) is 0 Å². The molecular weight excluding hydrogens is 285 g/mol. The molecule has 0 fully saturated rings. The van der Waals surface area contributed by atoms with Crippen molar-refractivity contribution in [3.63, 3.8) is 0 Å². The van der Waals surface area contributed by atoms with Gasteiger partial charge in [0.05, 0.1) is 6.04 Å². The average molecular weight is 300 g/mol. The predicted molar refractivity (Wildman–Crippen MR) is 86.3 cm³/mol. The fourth-order valence-electron chi connectivity index (χ4n) is 2.73. The van der Waals surface area contributed by atoms with Crippen LogP contribution in [0.25, 0.3) is 10.8 Å². The van der Waals surface area contributed by atoms with Crippen LogP contribution in [-0.4, -0.2) is 7.05 Å². The highest BCUT2D eigenvalue weighted by Crippen LogP contribution is 2.31. The molecule has 0 radical (unpaired) electrons. The van der Waals surface area contributed by atoms with Crippen LogP contribution in [0.2, 0.25) is 5.02 Å². The molecule has 3 rings (SSSR count). The second kappa shape index (κ2) is 5.84. The van der Waals surface area contributed by atoms with Crippen LogP contribution in [0.5, 0.6) is 0 Å². The lowest BCUT2D eigenvalue weighted by molar-refractivity contribution is 0.637. The Labute approximate surface area is 128 Å². The van der Waals surface area contributed by atoms with E-state index in [-0.39, 0.29) is 11.9 Å². The van der Waals surface area contributed by atoms with Crippen LogP contribution in [0.3, 0.4) is 0 Å². The third kappa shape index (κ3) is 2.65. The number of nitrogens with one attached hydrogen (secondary N) is 1. The molecule has 0 aliphatic heterocycles. The Kier molecular flexibility index (Phi) is 3.91. The number of hydrogen-bond acceptors (Lipinski definition) is 1. The maximum absolute atomic E-state index is 14.0. The summed E-state index contributed by atoms with van der Waals surface area (Å²) in [5.74, 6) is -0.199. The topological polar surface area (TPSA) is 12.0 Å². The maximum atomic E-state index is 14.0. The van der Waals surface area contributed by atoms with Crippen molar-refractivity contribution < 1.29 is 4.39 Å². The molecule has 0 heterocycles. The molecule has 3 aromatic carbocycles. The number of fused-ring (bicyclic) bond motifs is 1. The number of hydrogen-bond donors (Lipinski definition) is 1. The van der Waals surface area contributed by atoms with Crippen LogP contribution in [0.15, 0.2) is 60.7 Å². The van der Waals surface area contributed by atoms with E-state index < -0.39 is 0 Å². The van der Waals surface area contributed by atoms with Gasteiger partial charge >= 0.3 is 0 Å². The Hall–Kier alpha value is -1.90. The third-order valence-electron chi connectivity index (χ3n) is 3.69. The zero-order valence-electron chi connectivity index (χ0n) is 11.6. The van der Waals surface area contributed by atoms with E-state index in [0.29, 0.717) is 10.4 Å². The summed E-state index contributed by atoms with van der Waals surface area (Å²) in [4.78, 5) is 0. The van der Waals surface area contributed by atoms with Gasteiger partial charge in [0.2, 0.25) is 0 Å². The molecule has 3 heteroatoms. The molecule has 1 N–H and O–H groups in total. The summed E-state index contributed by atoms with van der Waals surface area (Å²) in [6.07, 6.45) is 0. The Morgan fingerprint density at radius 2 is 1.71 bits per heavy atom. The van der Waals surface area contributed by atoms with Crippen LogP contribution in [0.4, 0.5) is 4.39 Å². The minimum atomic E-state index is -0.199. The van der Waals surface area contributed by atoms with Gasteiger partial charge in [-0.2, -0.15) is 0 Å². The Bertz CT molecular complexity index is 785. The largest absolute Gasteiger partial charge is 0.309 e. The lowest BCUT2D eigenvalue weighted by Crippen LogP contribution is -2.18. The van der Waals surface area contributed by atoms with Crippen LogP contribution < -0.4 is 5.32 Å².